The van der Waals surface area contributed by atoms with Gasteiger partial charge in [0.15, 0.2) is 7.14 Å². The molecule has 0 aliphatic carbocycles. The molecule has 0 aromatic heterocycles. The zero-order valence-corrected chi connectivity index (χ0v) is 34.0. The highest BCUT2D eigenvalue weighted by Crippen LogP contribution is 2.53. The average molecular weight is 785 g/mol. The van der Waals surface area contributed by atoms with Gasteiger partial charge >= 0.3 is 0 Å². The first-order valence-electron chi connectivity index (χ1n) is 20.3. The first-order chi connectivity index (χ1) is 29.5. The van der Waals surface area contributed by atoms with Gasteiger partial charge in [0.05, 0.1) is 0 Å². The lowest BCUT2D eigenvalue weighted by Gasteiger charge is -2.21. The molecule has 0 aliphatic rings. The van der Waals surface area contributed by atoms with Crippen molar-refractivity contribution in [2.75, 3.05) is 0 Å². The van der Waals surface area contributed by atoms with Gasteiger partial charge in [-0.25, -0.2) is 0 Å². The summed E-state index contributed by atoms with van der Waals surface area (Å²) in [6, 6.07) is 73.3. The van der Waals surface area contributed by atoms with E-state index in [-0.39, 0.29) is 0 Å². The third kappa shape index (κ3) is 6.41. The summed E-state index contributed by atoms with van der Waals surface area (Å²) in [6.07, 6.45) is 5.19. The molecule has 10 aromatic rings. The zero-order valence-electron chi connectivity index (χ0n) is 33.1. The van der Waals surface area contributed by atoms with Crippen LogP contribution in [0, 0.1) is 0 Å². The highest BCUT2D eigenvalue weighted by Gasteiger charge is 2.30. The fourth-order valence-corrected chi connectivity index (χ4v) is 11.6. The standard InChI is InChI=1S/C58H41OP/c1-3-15-50(4-2)60(59,51-20-9-6-10-21-51)52-34-32-46-36-45(29-30-47(46)38-52)48-33-35-55-56(39-48)58(49-31-26-41-18-11-12-19-44(41)37-49)54-23-14-13-22-53(54)57(55)43-27-24-42(25-28-43)40-16-7-5-8-17-40/h3-39H,1-2H2/b50-15+. The summed E-state index contributed by atoms with van der Waals surface area (Å²) in [5.41, 5.74) is 9.49. The van der Waals surface area contributed by atoms with Crippen molar-refractivity contribution in [1.29, 1.82) is 0 Å². The molecule has 2 heteroatoms. The van der Waals surface area contributed by atoms with E-state index >= 15 is 4.57 Å². The maximum Gasteiger partial charge on any atom is 0.171 e. The van der Waals surface area contributed by atoms with Crippen LogP contribution in [0.3, 0.4) is 0 Å². The first kappa shape index (κ1) is 37.0. The highest BCUT2D eigenvalue weighted by molar-refractivity contribution is 7.82. The number of fused-ring (bicyclic) bond motifs is 4. The average Bonchev–Trinajstić information content (AvgIpc) is 3.32. The summed E-state index contributed by atoms with van der Waals surface area (Å²) >= 11 is 0. The van der Waals surface area contributed by atoms with Crippen molar-refractivity contribution in [2.24, 2.45) is 0 Å². The Balaban J connectivity index is 1.16. The summed E-state index contributed by atoms with van der Waals surface area (Å²) in [6.45, 7) is 7.92. The summed E-state index contributed by atoms with van der Waals surface area (Å²) in [5.74, 6) is 0. The van der Waals surface area contributed by atoms with Crippen molar-refractivity contribution in [3.63, 3.8) is 0 Å². The number of hydrogen-bond acceptors (Lipinski definition) is 1. The predicted octanol–water partition coefficient (Wildman–Crippen LogP) is 15.5. The molecule has 60 heavy (non-hydrogen) atoms. The quantitative estimate of drug-likeness (QED) is 0.0809. The molecule has 1 unspecified atom stereocenters. The van der Waals surface area contributed by atoms with E-state index in [0.29, 0.717) is 5.31 Å². The summed E-state index contributed by atoms with van der Waals surface area (Å²) in [5, 5.41) is 11.6. The first-order valence-corrected chi connectivity index (χ1v) is 22.0. The Morgan fingerprint density at radius 3 is 1.58 bits per heavy atom. The van der Waals surface area contributed by atoms with Gasteiger partial charge in [-0.3, -0.25) is 0 Å². The van der Waals surface area contributed by atoms with Gasteiger partial charge in [-0.2, -0.15) is 0 Å². The van der Waals surface area contributed by atoms with Crippen LogP contribution in [0.25, 0.3) is 87.6 Å². The van der Waals surface area contributed by atoms with Crippen LogP contribution in [0.4, 0.5) is 0 Å². The molecule has 0 heterocycles. The lowest BCUT2D eigenvalue weighted by Crippen LogP contribution is -2.17. The van der Waals surface area contributed by atoms with Crippen LogP contribution in [0.2, 0.25) is 0 Å². The van der Waals surface area contributed by atoms with Crippen molar-refractivity contribution in [3.05, 3.63) is 243 Å². The Bertz CT molecular complexity index is 3360. The minimum Gasteiger partial charge on any atom is -0.309 e. The maximum absolute atomic E-state index is 15.1. The second-order valence-electron chi connectivity index (χ2n) is 15.3. The third-order valence-electron chi connectivity index (χ3n) is 11.8. The molecule has 0 amide bonds. The second-order valence-corrected chi connectivity index (χ2v) is 18.1. The zero-order chi connectivity index (χ0) is 40.6. The molecule has 0 N–H and O–H groups in total. The van der Waals surface area contributed by atoms with E-state index in [1.807, 2.05) is 42.5 Å². The van der Waals surface area contributed by atoms with Gasteiger partial charge in [0, 0.05) is 15.9 Å². The molecule has 0 spiro atoms. The van der Waals surface area contributed by atoms with Crippen molar-refractivity contribution in [1.82, 2.24) is 0 Å². The van der Waals surface area contributed by atoms with E-state index in [9.17, 15) is 0 Å². The van der Waals surface area contributed by atoms with E-state index < -0.39 is 7.14 Å². The van der Waals surface area contributed by atoms with Crippen LogP contribution in [0.15, 0.2) is 243 Å². The van der Waals surface area contributed by atoms with Crippen LogP contribution in [0.1, 0.15) is 0 Å². The minimum absolute atomic E-state index is 0.664. The molecule has 1 nitrogen and oxygen atoms in total. The molecular weight excluding hydrogens is 744 g/mol. The minimum atomic E-state index is -3.20. The molecular formula is C58H41OP. The number of benzene rings is 10. The Kier molecular flexibility index (Phi) is 9.53. The van der Waals surface area contributed by atoms with Crippen LogP contribution < -0.4 is 10.6 Å². The molecule has 1 atom stereocenters. The van der Waals surface area contributed by atoms with E-state index in [0.717, 1.165) is 32.5 Å². The molecule has 10 aromatic carbocycles. The molecule has 0 aliphatic heterocycles. The Labute approximate surface area is 351 Å². The molecule has 0 bridgehead atoms. The monoisotopic (exact) mass is 784 g/mol. The van der Waals surface area contributed by atoms with Crippen LogP contribution >= 0.6 is 7.14 Å². The van der Waals surface area contributed by atoms with Crippen molar-refractivity contribution < 1.29 is 4.57 Å². The fraction of sp³-hybridized carbons (Fsp3) is 0. The van der Waals surface area contributed by atoms with E-state index in [1.54, 1.807) is 12.2 Å². The number of rotatable bonds is 9. The smallest absolute Gasteiger partial charge is 0.171 e. The van der Waals surface area contributed by atoms with E-state index in [1.165, 1.54) is 65.7 Å². The summed E-state index contributed by atoms with van der Waals surface area (Å²) in [4.78, 5) is 0. The van der Waals surface area contributed by atoms with Gasteiger partial charge in [-0.15, -0.1) is 0 Å². The van der Waals surface area contributed by atoms with Crippen LogP contribution in [0.5, 0.6) is 0 Å². The molecule has 0 saturated heterocycles. The van der Waals surface area contributed by atoms with Crippen molar-refractivity contribution in [3.8, 4) is 44.5 Å². The fourth-order valence-electron chi connectivity index (χ4n) is 8.90. The van der Waals surface area contributed by atoms with Gasteiger partial charge in [0.1, 0.15) is 0 Å². The topological polar surface area (TPSA) is 17.1 Å². The van der Waals surface area contributed by atoms with E-state index in [2.05, 4.69) is 183 Å². The Morgan fingerprint density at radius 1 is 0.367 bits per heavy atom. The number of allylic oxidation sites excluding steroid dienone is 4. The van der Waals surface area contributed by atoms with Crippen LogP contribution in [-0.2, 0) is 4.57 Å². The van der Waals surface area contributed by atoms with Crippen molar-refractivity contribution in [2.45, 2.75) is 0 Å². The molecule has 0 radical (unpaired) electrons. The SMILES string of the molecule is C=C/C=C(\C=C)P(=O)(c1ccccc1)c1ccc2cc(-c3ccc4c(-c5ccc(-c6ccccc6)cc5)c5ccccc5c(-c5ccc6ccccc6c5)c4c3)ccc2c1. The number of hydrogen-bond donors (Lipinski definition) is 0. The maximum atomic E-state index is 15.1. The van der Waals surface area contributed by atoms with Gasteiger partial charge < -0.3 is 4.57 Å². The lowest BCUT2D eigenvalue weighted by atomic mass is 9.84. The van der Waals surface area contributed by atoms with Gasteiger partial charge in [0.2, 0.25) is 0 Å². The predicted molar refractivity (Wildman–Crippen MR) is 260 cm³/mol. The summed E-state index contributed by atoms with van der Waals surface area (Å²) in [7, 11) is -3.20. The Morgan fingerprint density at radius 2 is 0.850 bits per heavy atom. The lowest BCUT2D eigenvalue weighted by molar-refractivity contribution is 0.591. The van der Waals surface area contributed by atoms with Gasteiger partial charge in [-0.05, 0) is 112 Å². The molecule has 0 saturated carbocycles. The van der Waals surface area contributed by atoms with Gasteiger partial charge in [-0.1, -0.05) is 213 Å². The normalized spacial score (nSPS) is 12.8. The van der Waals surface area contributed by atoms with Crippen LogP contribution in [-0.4, -0.2) is 0 Å². The molecule has 0 fully saturated rings. The second kappa shape index (κ2) is 15.5. The molecule has 10 rings (SSSR count). The Hall–Kier alpha value is -7.31. The summed E-state index contributed by atoms with van der Waals surface area (Å²) < 4.78 is 15.1. The van der Waals surface area contributed by atoms with E-state index in [4.69, 9.17) is 0 Å². The third-order valence-corrected chi connectivity index (χ3v) is 14.9. The largest absolute Gasteiger partial charge is 0.309 e. The molecule has 284 valence electrons. The van der Waals surface area contributed by atoms with Crippen molar-refractivity contribution >= 4 is 60.8 Å². The van der Waals surface area contributed by atoms with Gasteiger partial charge in [0.25, 0.3) is 0 Å². The highest BCUT2D eigenvalue weighted by atomic mass is 31.2.